The molecule has 0 bridgehead atoms. The normalized spacial score (nSPS) is 10.5. The SMILES string of the molecule is COC=Cc1cccc(C(C)=O)c1Br. The average Bonchev–Trinajstić information content (AvgIpc) is 2.16. The van der Waals surface area contributed by atoms with Gasteiger partial charge in [0.1, 0.15) is 0 Å². The maximum Gasteiger partial charge on any atom is 0.160 e. The predicted octanol–water partition coefficient (Wildman–Crippen LogP) is 3.27. The van der Waals surface area contributed by atoms with Crippen molar-refractivity contribution in [2.75, 3.05) is 7.11 Å². The Bertz CT molecular complexity index is 370. The maximum atomic E-state index is 11.2. The summed E-state index contributed by atoms with van der Waals surface area (Å²) in [5.41, 5.74) is 1.61. The second kappa shape index (κ2) is 4.96. The molecule has 0 fully saturated rings. The van der Waals surface area contributed by atoms with Crippen molar-refractivity contribution in [1.29, 1.82) is 0 Å². The van der Waals surface area contributed by atoms with Crippen molar-refractivity contribution in [3.63, 3.8) is 0 Å². The number of hydrogen-bond acceptors (Lipinski definition) is 2. The van der Waals surface area contributed by atoms with Crippen LogP contribution in [0.1, 0.15) is 22.8 Å². The van der Waals surface area contributed by atoms with E-state index in [4.69, 9.17) is 4.74 Å². The molecule has 0 aliphatic carbocycles. The van der Waals surface area contributed by atoms with Gasteiger partial charge < -0.3 is 4.74 Å². The van der Waals surface area contributed by atoms with Crippen molar-refractivity contribution in [2.24, 2.45) is 0 Å². The van der Waals surface area contributed by atoms with Gasteiger partial charge in [-0.2, -0.15) is 0 Å². The van der Waals surface area contributed by atoms with Crippen LogP contribution in [0.2, 0.25) is 0 Å². The van der Waals surface area contributed by atoms with Crippen molar-refractivity contribution >= 4 is 27.8 Å². The first-order valence-corrected chi connectivity index (χ1v) is 4.95. The van der Waals surface area contributed by atoms with E-state index < -0.39 is 0 Å². The molecule has 1 aromatic carbocycles. The fraction of sp³-hybridized carbons (Fsp3) is 0.182. The van der Waals surface area contributed by atoms with Gasteiger partial charge in [-0.1, -0.05) is 18.2 Å². The minimum absolute atomic E-state index is 0.0459. The molecule has 1 aromatic rings. The lowest BCUT2D eigenvalue weighted by molar-refractivity contribution is 0.101. The monoisotopic (exact) mass is 254 g/mol. The summed E-state index contributed by atoms with van der Waals surface area (Å²) in [6.07, 6.45) is 3.38. The predicted molar refractivity (Wildman–Crippen MR) is 60.2 cm³/mol. The summed E-state index contributed by atoms with van der Waals surface area (Å²) >= 11 is 3.38. The fourth-order valence-electron chi connectivity index (χ4n) is 1.09. The Balaban J connectivity index is 3.14. The molecule has 0 spiro atoms. The smallest absolute Gasteiger partial charge is 0.160 e. The number of ketones is 1. The van der Waals surface area contributed by atoms with E-state index in [1.165, 1.54) is 0 Å². The largest absolute Gasteiger partial charge is 0.504 e. The summed E-state index contributed by atoms with van der Waals surface area (Å²) < 4.78 is 5.62. The minimum Gasteiger partial charge on any atom is -0.504 e. The molecule has 2 nitrogen and oxygen atoms in total. The van der Waals surface area contributed by atoms with Gasteiger partial charge in [0, 0.05) is 10.0 Å². The Morgan fingerprint density at radius 2 is 2.21 bits per heavy atom. The number of carbonyl (C=O) groups is 1. The molecule has 0 aromatic heterocycles. The zero-order valence-electron chi connectivity index (χ0n) is 8.08. The molecule has 0 unspecified atom stereocenters. The van der Waals surface area contributed by atoms with E-state index in [1.54, 1.807) is 32.4 Å². The Morgan fingerprint density at radius 3 is 2.79 bits per heavy atom. The number of methoxy groups -OCH3 is 1. The van der Waals surface area contributed by atoms with Crippen LogP contribution in [0, 0.1) is 0 Å². The maximum absolute atomic E-state index is 11.2. The van der Waals surface area contributed by atoms with Crippen molar-refractivity contribution in [3.8, 4) is 0 Å². The highest BCUT2D eigenvalue weighted by atomic mass is 79.9. The van der Waals surface area contributed by atoms with E-state index in [1.807, 2.05) is 12.1 Å². The van der Waals surface area contributed by atoms with Crippen molar-refractivity contribution in [3.05, 3.63) is 40.1 Å². The van der Waals surface area contributed by atoms with E-state index in [0.29, 0.717) is 5.56 Å². The molecule has 3 heteroatoms. The first-order valence-electron chi connectivity index (χ1n) is 4.15. The molecule has 0 saturated carbocycles. The summed E-state index contributed by atoms with van der Waals surface area (Å²) in [7, 11) is 1.58. The molecule has 0 aliphatic heterocycles. The first kappa shape index (κ1) is 11.0. The third-order valence-electron chi connectivity index (χ3n) is 1.79. The van der Waals surface area contributed by atoms with Gasteiger partial charge in [-0.05, 0) is 34.5 Å². The van der Waals surface area contributed by atoms with Gasteiger partial charge >= 0.3 is 0 Å². The van der Waals surface area contributed by atoms with Crippen LogP contribution in [0.5, 0.6) is 0 Å². The van der Waals surface area contributed by atoms with Gasteiger partial charge in [0.15, 0.2) is 5.78 Å². The van der Waals surface area contributed by atoms with Crippen LogP contribution in [-0.4, -0.2) is 12.9 Å². The molecule has 74 valence electrons. The van der Waals surface area contributed by atoms with Gasteiger partial charge in [0.25, 0.3) is 0 Å². The molecule has 0 amide bonds. The first-order chi connectivity index (χ1) is 6.66. The zero-order valence-corrected chi connectivity index (χ0v) is 9.67. The molecule has 0 atom stereocenters. The van der Waals surface area contributed by atoms with E-state index in [9.17, 15) is 4.79 Å². The number of halogens is 1. The van der Waals surface area contributed by atoms with Crippen molar-refractivity contribution in [1.82, 2.24) is 0 Å². The van der Waals surface area contributed by atoms with Crippen molar-refractivity contribution in [2.45, 2.75) is 6.92 Å². The number of hydrogen-bond donors (Lipinski definition) is 0. The standard InChI is InChI=1S/C11H11BrO2/c1-8(13)10-5-3-4-9(11(10)12)6-7-14-2/h3-7H,1-2H3. The highest BCUT2D eigenvalue weighted by Gasteiger charge is 2.06. The van der Waals surface area contributed by atoms with Crippen LogP contribution in [0.3, 0.4) is 0 Å². The Kier molecular flexibility index (Phi) is 3.89. The number of rotatable bonds is 3. The van der Waals surface area contributed by atoms with Gasteiger partial charge in [-0.3, -0.25) is 4.79 Å². The Hall–Kier alpha value is -1.09. The summed E-state index contributed by atoms with van der Waals surface area (Å²) in [5, 5.41) is 0. The minimum atomic E-state index is 0.0459. The van der Waals surface area contributed by atoms with Crippen LogP contribution in [0.15, 0.2) is 28.9 Å². The molecular formula is C11H11BrO2. The van der Waals surface area contributed by atoms with E-state index >= 15 is 0 Å². The lowest BCUT2D eigenvalue weighted by Crippen LogP contribution is -1.94. The van der Waals surface area contributed by atoms with Gasteiger partial charge in [-0.15, -0.1) is 0 Å². The molecule has 1 rings (SSSR count). The highest BCUT2D eigenvalue weighted by molar-refractivity contribution is 9.10. The van der Waals surface area contributed by atoms with E-state index in [0.717, 1.165) is 10.0 Å². The van der Waals surface area contributed by atoms with E-state index in [2.05, 4.69) is 15.9 Å². The third-order valence-corrected chi connectivity index (χ3v) is 2.68. The molecule has 0 N–H and O–H groups in total. The van der Waals surface area contributed by atoms with Crippen LogP contribution in [0.4, 0.5) is 0 Å². The molecule has 0 radical (unpaired) electrons. The third kappa shape index (κ3) is 2.45. The molecule has 14 heavy (non-hydrogen) atoms. The number of ether oxygens (including phenoxy) is 1. The topological polar surface area (TPSA) is 26.3 Å². The lowest BCUT2D eigenvalue weighted by atomic mass is 10.1. The second-order valence-electron chi connectivity index (χ2n) is 2.80. The number of carbonyl (C=O) groups excluding carboxylic acids is 1. The van der Waals surface area contributed by atoms with Gasteiger partial charge in [0.2, 0.25) is 0 Å². The van der Waals surface area contributed by atoms with Crippen LogP contribution in [0.25, 0.3) is 6.08 Å². The van der Waals surface area contributed by atoms with Gasteiger partial charge in [-0.25, -0.2) is 0 Å². The van der Waals surface area contributed by atoms with Gasteiger partial charge in [0.05, 0.1) is 13.4 Å². The lowest BCUT2D eigenvalue weighted by Gasteiger charge is -2.03. The summed E-state index contributed by atoms with van der Waals surface area (Å²) in [5.74, 6) is 0.0459. The zero-order chi connectivity index (χ0) is 10.6. The molecule has 0 heterocycles. The Labute approximate surface area is 91.7 Å². The second-order valence-corrected chi connectivity index (χ2v) is 3.60. The highest BCUT2D eigenvalue weighted by Crippen LogP contribution is 2.23. The Morgan fingerprint density at radius 1 is 1.50 bits per heavy atom. The summed E-state index contributed by atoms with van der Waals surface area (Å²) in [4.78, 5) is 11.2. The number of Topliss-reactive ketones (excluding diaryl/α,β-unsaturated/α-hetero) is 1. The summed E-state index contributed by atoms with van der Waals surface area (Å²) in [6, 6.07) is 5.54. The van der Waals surface area contributed by atoms with Crippen molar-refractivity contribution < 1.29 is 9.53 Å². The number of benzene rings is 1. The van der Waals surface area contributed by atoms with Crippen LogP contribution < -0.4 is 0 Å². The fourth-order valence-corrected chi connectivity index (χ4v) is 1.77. The van der Waals surface area contributed by atoms with Crippen LogP contribution >= 0.6 is 15.9 Å². The quantitative estimate of drug-likeness (QED) is 0.612. The molecular weight excluding hydrogens is 244 g/mol. The van der Waals surface area contributed by atoms with E-state index in [-0.39, 0.29) is 5.78 Å². The average molecular weight is 255 g/mol. The summed E-state index contributed by atoms with van der Waals surface area (Å²) in [6.45, 7) is 1.55. The molecule has 0 aliphatic rings. The van der Waals surface area contributed by atoms with Crippen LogP contribution in [-0.2, 0) is 4.74 Å². The molecule has 0 saturated heterocycles.